The van der Waals surface area contributed by atoms with Gasteiger partial charge in [0, 0.05) is 39.4 Å². The predicted molar refractivity (Wildman–Crippen MR) is 71.9 cm³/mol. The van der Waals surface area contributed by atoms with Crippen molar-refractivity contribution in [1.82, 2.24) is 0 Å². The van der Waals surface area contributed by atoms with Crippen LogP contribution in [0.4, 0.5) is 0 Å². The molecule has 0 heterocycles. The largest absolute Gasteiger partial charge is 1.00 e. The summed E-state index contributed by atoms with van der Waals surface area (Å²) in [5.41, 5.74) is 0. The van der Waals surface area contributed by atoms with Crippen LogP contribution in [-0.4, -0.2) is 67.9 Å². The van der Waals surface area contributed by atoms with E-state index >= 15 is 0 Å². The zero-order chi connectivity index (χ0) is 9.00. The molecule has 0 rings (SSSR count). The number of hydrogen-bond acceptors (Lipinski definition) is 8. The number of rotatable bonds is 0. The molecule has 0 saturated carbocycles. The summed E-state index contributed by atoms with van der Waals surface area (Å²) in [6.07, 6.45) is 0. The molecular formula is H30CsO20S2V+3. The molecule has 1 radical (unpaired) electrons. The summed E-state index contributed by atoms with van der Waals surface area (Å²) < 4.78 is 68.2. The average Bonchev–Trinajstić information content (AvgIpc) is 1.12. The summed E-state index contributed by atoms with van der Waals surface area (Å²) in [4.78, 5) is 0. The maximum absolute atomic E-state index is 8.52. The fraction of sp³-hybridized carbons (Fsp3) is 0. The molecule has 0 aromatic rings. The maximum Gasteiger partial charge on any atom is 1.00 e. The van der Waals surface area contributed by atoms with Gasteiger partial charge in [0.25, 0.3) is 0 Å². The molecule has 0 aromatic heterocycles. The minimum Gasteiger partial charge on any atom is -0.759 e. The Bertz CT molecular complexity index is 218. The van der Waals surface area contributed by atoms with Crippen molar-refractivity contribution >= 4 is 20.8 Å². The van der Waals surface area contributed by atoms with Gasteiger partial charge in [0.15, 0.2) is 0 Å². The minimum absolute atomic E-state index is 0. The van der Waals surface area contributed by atoms with Crippen molar-refractivity contribution in [1.29, 1.82) is 0 Å². The molecule has 0 spiro atoms. The molecule has 0 aliphatic heterocycles. The smallest absolute Gasteiger partial charge is 0.759 e. The Kier molecular flexibility index (Phi) is 503. The van der Waals surface area contributed by atoms with Crippen LogP contribution in [0.1, 0.15) is 0 Å². The third-order valence-corrected chi connectivity index (χ3v) is 0. The first-order chi connectivity index (χ1) is 4.00. The fourth-order valence-corrected chi connectivity index (χ4v) is 0. The first kappa shape index (κ1) is 164. The van der Waals surface area contributed by atoms with E-state index in [0.717, 1.165) is 0 Å². The average molecular weight is 598 g/mol. The number of hydrogen-bond donors (Lipinski definition) is 0. The molecule has 0 aromatic carbocycles. The van der Waals surface area contributed by atoms with Crippen LogP contribution >= 0.6 is 0 Å². The molecular weight excluding hydrogens is 568 g/mol. The molecule has 24 heteroatoms. The zero-order valence-electron chi connectivity index (χ0n) is 12.0. The van der Waals surface area contributed by atoms with Crippen molar-refractivity contribution in [2.75, 3.05) is 0 Å². The molecule has 0 bridgehead atoms. The van der Waals surface area contributed by atoms with E-state index in [1.807, 2.05) is 0 Å². The van der Waals surface area contributed by atoms with E-state index in [-0.39, 0.29) is 153 Å². The van der Waals surface area contributed by atoms with Gasteiger partial charge < -0.3 is 83.9 Å². The first-order valence-electron chi connectivity index (χ1n) is 1.33. The Morgan fingerprint density at radius 3 is 0.417 bits per heavy atom. The third kappa shape index (κ3) is 3480. The molecule has 20 nitrogen and oxygen atoms in total. The van der Waals surface area contributed by atoms with E-state index in [4.69, 9.17) is 35.0 Å². The molecule has 0 unspecified atom stereocenters. The van der Waals surface area contributed by atoms with Gasteiger partial charge in [-0.05, 0) is 0 Å². The second-order valence-electron chi connectivity index (χ2n) is 0.816. The van der Waals surface area contributed by atoms with Crippen molar-refractivity contribution in [3.8, 4) is 0 Å². The first-order valence-corrected chi connectivity index (χ1v) is 4.00. The summed E-state index contributed by atoms with van der Waals surface area (Å²) in [6, 6.07) is 0. The Labute approximate surface area is 206 Å². The SMILES string of the molecule is O.O.O.O.O.O.O=S(=O)([O-])[O-].O=S(=O)([O-])[O-].[Cs+].[OH3+].[OH3+].[OH3+].[OH3+].[OH3+].[OH3+].[V]. The van der Waals surface area contributed by atoms with Crippen LogP contribution in [0.5, 0.6) is 0 Å². The second-order valence-corrected chi connectivity index (χ2v) is 2.45. The van der Waals surface area contributed by atoms with E-state index in [2.05, 4.69) is 0 Å². The van der Waals surface area contributed by atoms with Crippen molar-refractivity contribution in [2.24, 2.45) is 0 Å². The van der Waals surface area contributed by atoms with Crippen LogP contribution in [0.3, 0.4) is 0 Å². The van der Waals surface area contributed by atoms with Gasteiger partial charge in [0.2, 0.25) is 0 Å². The van der Waals surface area contributed by atoms with Crippen LogP contribution in [-0.2, 0) is 72.2 Å². The Morgan fingerprint density at radius 2 is 0.417 bits per heavy atom. The van der Waals surface area contributed by atoms with Gasteiger partial charge in [-0.2, -0.15) is 0 Å². The molecule has 0 saturated heterocycles. The van der Waals surface area contributed by atoms with E-state index < -0.39 is 20.8 Å². The van der Waals surface area contributed by atoms with E-state index in [1.54, 1.807) is 0 Å². The zero-order valence-corrected chi connectivity index (χ0v) is 21.3. The molecule has 0 fully saturated rings. The van der Waals surface area contributed by atoms with Gasteiger partial charge in [0.05, 0.1) is 0 Å². The molecule has 0 atom stereocenters. The Balaban J connectivity index is -0.00000000241. The van der Waals surface area contributed by atoms with Crippen molar-refractivity contribution in [3.63, 3.8) is 0 Å². The van der Waals surface area contributed by atoms with E-state index in [9.17, 15) is 0 Å². The normalized spacial score (nSPS) is 4.83. The minimum atomic E-state index is -5.17. The summed E-state index contributed by atoms with van der Waals surface area (Å²) in [7, 11) is -10.3. The van der Waals surface area contributed by atoms with Crippen molar-refractivity contribution in [2.45, 2.75) is 0 Å². The Hall–Kier alpha value is 1.90. The molecule has 30 N–H and O–H groups in total. The van der Waals surface area contributed by atoms with Gasteiger partial charge in [-0.3, -0.25) is 16.8 Å². The van der Waals surface area contributed by atoms with Gasteiger partial charge in [0.1, 0.15) is 0 Å². The molecule has 0 amide bonds. The topological polar surface area (TPSA) is 548 Å². The van der Waals surface area contributed by atoms with Gasteiger partial charge >= 0.3 is 68.9 Å². The second kappa shape index (κ2) is 73.6. The molecule has 0 aliphatic rings. The summed E-state index contributed by atoms with van der Waals surface area (Å²) >= 11 is 0. The Morgan fingerprint density at radius 1 is 0.417 bits per heavy atom. The van der Waals surface area contributed by atoms with Gasteiger partial charge in [-0.15, -0.1) is 0 Å². The van der Waals surface area contributed by atoms with Crippen LogP contribution < -0.4 is 68.9 Å². The standard InChI is InChI=1S/Cs.2H2O4S.12H2O.V/c;2*1-5(2,3)4;;;;;;;;;;;;;/h;2*(H2,1,2,3,4);12*1H2;/q+1;;;;;;;;;;;;;;;/p+2. The van der Waals surface area contributed by atoms with Gasteiger partial charge in [-0.1, -0.05) is 0 Å². The summed E-state index contributed by atoms with van der Waals surface area (Å²) in [5.74, 6) is 0. The predicted octanol–water partition coefficient (Wildman–Crippen LogP) is -16.2. The van der Waals surface area contributed by atoms with Crippen LogP contribution in [0.25, 0.3) is 0 Å². The van der Waals surface area contributed by atoms with Crippen LogP contribution in [0.15, 0.2) is 0 Å². The van der Waals surface area contributed by atoms with Crippen LogP contribution in [0, 0.1) is 0 Å². The third-order valence-electron chi connectivity index (χ3n) is 0. The fourth-order valence-electron chi connectivity index (χ4n) is 0. The maximum atomic E-state index is 8.52. The molecule has 165 valence electrons. The summed E-state index contributed by atoms with van der Waals surface area (Å²) in [6.45, 7) is 0. The van der Waals surface area contributed by atoms with E-state index in [1.165, 1.54) is 0 Å². The monoisotopic (exact) mass is 598 g/mol. The van der Waals surface area contributed by atoms with Crippen molar-refractivity contribution < 1.29 is 188 Å². The molecule has 0 aliphatic carbocycles. The van der Waals surface area contributed by atoms with Gasteiger partial charge in [-0.25, -0.2) is 0 Å². The van der Waals surface area contributed by atoms with E-state index in [0.29, 0.717) is 0 Å². The summed E-state index contributed by atoms with van der Waals surface area (Å²) in [5, 5.41) is 0. The quantitative estimate of drug-likeness (QED) is 0.146. The van der Waals surface area contributed by atoms with Crippen LogP contribution in [0.2, 0.25) is 0 Å². The molecule has 24 heavy (non-hydrogen) atoms. The van der Waals surface area contributed by atoms with Crippen molar-refractivity contribution in [3.05, 3.63) is 0 Å².